The molecule has 0 radical (unpaired) electrons. The third-order valence-electron chi connectivity index (χ3n) is 4.01. The van der Waals surface area contributed by atoms with Crippen molar-refractivity contribution in [1.82, 2.24) is 14.9 Å². The predicted molar refractivity (Wildman–Crippen MR) is 89.1 cm³/mol. The van der Waals surface area contributed by atoms with Crippen LogP contribution in [0.25, 0.3) is 0 Å². The summed E-state index contributed by atoms with van der Waals surface area (Å²) in [6.45, 7) is 15.0. The van der Waals surface area contributed by atoms with E-state index in [-0.39, 0.29) is 5.41 Å². The van der Waals surface area contributed by atoms with Crippen molar-refractivity contribution in [2.45, 2.75) is 46.0 Å². The summed E-state index contributed by atoms with van der Waals surface area (Å²) in [6.07, 6.45) is 0. The minimum absolute atomic E-state index is 0.0178. The van der Waals surface area contributed by atoms with Crippen LogP contribution in [0.1, 0.15) is 52.1 Å². The molecule has 1 fully saturated rings. The van der Waals surface area contributed by atoms with Crippen molar-refractivity contribution in [2.75, 3.05) is 37.6 Å². The third-order valence-corrected chi connectivity index (χ3v) is 4.01. The molecular formula is C17H27N5. The SMILES string of the molecule is CC(C)c1nc(N2CCN(CC#N)CC2)cc(C(C)(C)C)n1. The van der Waals surface area contributed by atoms with Gasteiger partial charge in [0.1, 0.15) is 11.6 Å². The van der Waals surface area contributed by atoms with Crippen LogP contribution in [0.4, 0.5) is 5.82 Å². The predicted octanol–water partition coefficient (Wildman–Crippen LogP) is 2.54. The Bertz CT molecular complexity index is 545. The number of hydrogen-bond donors (Lipinski definition) is 0. The number of piperazine rings is 1. The Morgan fingerprint density at radius 2 is 1.82 bits per heavy atom. The fraction of sp³-hybridized carbons (Fsp3) is 0.706. The highest BCUT2D eigenvalue weighted by molar-refractivity contribution is 5.42. The molecule has 0 aromatic carbocycles. The zero-order chi connectivity index (χ0) is 16.3. The molecule has 120 valence electrons. The van der Waals surface area contributed by atoms with Gasteiger partial charge in [-0.05, 0) is 0 Å². The first kappa shape index (κ1) is 16.7. The van der Waals surface area contributed by atoms with E-state index in [9.17, 15) is 0 Å². The van der Waals surface area contributed by atoms with Gasteiger partial charge in [0.2, 0.25) is 0 Å². The van der Waals surface area contributed by atoms with Crippen LogP contribution in [0.15, 0.2) is 6.07 Å². The second kappa shape index (κ2) is 6.62. The molecular weight excluding hydrogens is 274 g/mol. The minimum Gasteiger partial charge on any atom is -0.354 e. The third kappa shape index (κ3) is 3.95. The Hall–Kier alpha value is -1.67. The van der Waals surface area contributed by atoms with Gasteiger partial charge in [-0.3, -0.25) is 4.90 Å². The maximum absolute atomic E-state index is 8.80. The van der Waals surface area contributed by atoms with Gasteiger partial charge >= 0.3 is 0 Å². The van der Waals surface area contributed by atoms with Crippen LogP contribution < -0.4 is 4.90 Å². The normalized spacial score (nSPS) is 16.9. The molecule has 1 saturated heterocycles. The van der Waals surface area contributed by atoms with Gasteiger partial charge in [0, 0.05) is 43.6 Å². The van der Waals surface area contributed by atoms with Gasteiger partial charge in [-0.1, -0.05) is 34.6 Å². The summed E-state index contributed by atoms with van der Waals surface area (Å²) < 4.78 is 0. The van der Waals surface area contributed by atoms with Gasteiger partial charge in [-0.25, -0.2) is 9.97 Å². The Morgan fingerprint density at radius 3 is 2.32 bits per heavy atom. The zero-order valence-corrected chi connectivity index (χ0v) is 14.4. The molecule has 0 aliphatic carbocycles. The lowest BCUT2D eigenvalue weighted by Crippen LogP contribution is -2.46. The van der Waals surface area contributed by atoms with Gasteiger partial charge in [0.25, 0.3) is 0 Å². The summed E-state index contributed by atoms with van der Waals surface area (Å²) in [5.74, 6) is 2.27. The fourth-order valence-electron chi connectivity index (χ4n) is 2.49. The molecule has 0 unspecified atom stereocenters. The standard InChI is InChI=1S/C17H27N5/c1-13(2)16-19-14(17(3,4)5)12-15(20-16)22-10-8-21(7-6-18)9-11-22/h12-13H,7-11H2,1-5H3. The van der Waals surface area contributed by atoms with Crippen molar-refractivity contribution >= 4 is 5.82 Å². The summed E-state index contributed by atoms with van der Waals surface area (Å²) in [5.41, 5.74) is 1.12. The molecule has 5 heteroatoms. The van der Waals surface area contributed by atoms with E-state index in [1.807, 2.05) is 0 Å². The van der Waals surface area contributed by atoms with Crippen molar-refractivity contribution in [3.63, 3.8) is 0 Å². The number of aromatic nitrogens is 2. The summed E-state index contributed by atoms with van der Waals surface area (Å²) >= 11 is 0. The molecule has 0 amide bonds. The quantitative estimate of drug-likeness (QED) is 0.803. The van der Waals surface area contributed by atoms with Crippen LogP contribution in [0.3, 0.4) is 0 Å². The van der Waals surface area contributed by atoms with Crippen LogP contribution in [0.2, 0.25) is 0 Å². The lowest BCUT2D eigenvalue weighted by atomic mass is 9.91. The highest BCUT2D eigenvalue weighted by atomic mass is 15.3. The second-order valence-electron chi connectivity index (χ2n) is 7.30. The van der Waals surface area contributed by atoms with E-state index < -0.39 is 0 Å². The molecule has 1 aromatic rings. The van der Waals surface area contributed by atoms with Crippen molar-refractivity contribution in [3.8, 4) is 6.07 Å². The Labute approximate surface area is 134 Å². The summed E-state index contributed by atoms with van der Waals surface area (Å²) in [4.78, 5) is 14.0. The fourth-order valence-corrected chi connectivity index (χ4v) is 2.49. The average molecular weight is 301 g/mol. The highest BCUT2D eigenvalue weighted by Gasteiger charge is 2.23. The molecule has 22 heavy (non-hydrogen) atoms. The van der Waals surface area contributed by atoms with Crippen LogP contribution >= 0.6 is 0 Å². The molecule has 0 saturated carbocycles. The minimum atomic E-state index is 0.0178. The van der Waals surface area contributed by atoms with Crippen LogP contribution in [-0.4, -0.2) is 47.6 Å². The van der Waals surface area contributed by atoms with Gasteiger partial charge in [-0.15, -0.1) is 0 Å². The Morgan fingerprint density at radius 1 is 1.18 bits per heavy atom. The van der Waals surface area contributed by atoms with E-state index in [1.165, 1.54) is 0 Å². The van der Waals surface area contributed by atoms with E-state index in [1.54, 1.807) is 0 Å². The largest absolute Gasteiger partial charge is 0.354 e. The molecule has 1 aliphatic heterocycles. The van der Waals surface area contributed by atoms with Crippen LogP contribution in [-0.2, 0) is 5.41 Å². The number of nitrogens with zero attached hydrogens (tertiary/aromatic N) is 5. The van der Waals surface area contributed by atoms with E-state index in [4.69, 9.17) is 15.2 Å². The average Bonchev–Trinajstić information content (AvgIpc) is 2.47. The van der Waals surface area contributed by atoms with Gasteiger partial charge in [-0.2, -0.15) is 5.26 Å². The lowest BCUT2D eigenvalue weighted by molar-refractivity contribution is 0.286. The maximum atomic E-state index is 8.80. The van der Waals surface area contributed by atoms with Crippen molar-refractivity contribution in [3.05, 3.63) is 17.6 Å². The highest BCUT2D eigenvalue weighted by Crippen LogP contribution is 2.26. The topological polar surface area (TPSA) is 56.1 Å². The number of hydrogen-bond acceptors (Lipinski definition) is 5. The molecule has 1 aromatic heterocycles. The Balaban J connectivity index is 2.24. The van der Waals surface area contributed by atoms with Crippen molar-refractivity contribution < 1.29 is 0 Å². The molecule has 0 spiro atoms. The molecule has 2 rings (SSSR count). The Kier molecular flexibility index (Phi) is 5.02. The zero-order valence-electron chi connectivity index (χ0n) is 14.4. The van der Waals surface area contributed by atoms with E-state index in [0.29, 0.717) is 12.5 Å². The van der Waals surface area contributed by atoms with E-state index >= 15 is 0 Å². The molecule has 1 aliphatic rings. The number of anilines is 1. The molecule has 5 nitrogen and oxygen atoms in total. The monoisotopic (exact) mass is 301 g/mol. The molecule has 0 atom stereocenters. The summed E-state index contributed by atoms with van der Waals surface area (Å²) in [5, 5.41) is 8.80. The molecule has 2 heterocycles. The summed E-state index contributed by atoms with van der Waals surface area (Å²) in [7, 11) is 0. The summed E-state index contributed by atoms with van der Waals surface area (Å²) in [6, 6.07) is 4.36. The van der Waals surface area contributed by atoms with Gasteiger partial charge in [0.05, 0.1) is 18.3 Å². The van der Waals surface area contributed by atoms with E-state index in [2.05, 4.69) is 56.6 Å². The lowest BCUT2D eigenvalue weighted by Gasteiger charge is -2.35. The van der Waals surface area contributed by atoms with E-state index in [0.717, 1.165) is 43.5 Å². The second-order valence-corrected chi connectivity index (χ2v) is 7.30. The smallest absolute Gasteiger partial charge is 0.133 e. The van der Waals surface area contributed by atoms with Crippen LogP contribution in [0.5, 0.6) is 0 Å². The molecule has 0 N–H and O–H groups in total. The maximum Gasteiger partial charge on any atom is 0.133 e. The first-order valence-corrected chi connectivity index (χ1v) is 8.05. The van der Waals surface area contributed by atoms with Crippen LogP contribution in [0, 0.1) is 11.3 Å². The van der Waals surface area contributed by atoms with Gasteiger partial charge < -0.3 is 4.90 Å². The van der Waals surface area contributed by atoms with Crippen molar-refractivity contribution in [1.29, 1.82) is 5.26 Å². The van der Waals surface area contributed by atoms with Gasteiger partial charge in [0.15, 0.2) is 0 Å². The van der Waals surface area contributed by atoms with Crippen molar-refractivity contribution in [2.24, 2.45) is 0 Å². The first-order valence-electron chi connectivity index (χ1n) is 8.05. The number of nitriles is 1. The first-order chi connectivity index (χ1) is 10.3. The molecule has 0 bridgehead atoms. The number of rotatable bonds is 3.